The van der Waals surface area contributed by atoms with E-state index < -0.39 is 47.5 Å². The van der Waals surface area contributed by atoms with Gasteiger partial charge in [-0.1, -0.05) is 6.92 Å². The first kappa shape index (κ1) is 27.7. The van der Waals surface area contributed by atoms with Crippen molar-refractivity contribution in [3.05, 3.63) is 11.6 Å². The van der Waals surface area contributed by atoms with Gasteiger partial charge in [-0.15, -0.1) is 0 Å². The SMILES string of the molecule is C[C@]12CC[C@H]3[C@@H](CC[C@]4(O)C[C@@H](O)CC[C@]34C=O)[C@@]1(O)CC[C@@H]2C1=CC(=O)OC1.O=C([O-])CCC(=O)[O-]. The molecule has 0 bridgehead atoms. The molecule has 0 saturated heterocycles. The predicted octanol–water partition coefficient (Wildman–Crippen LogP) is -0.835. The Kier molecular flexibility index (Phi) is 7.33. The van der Waals surface area contributed by atoms with Gasteiger partial charge in [0.2, 0.25) is 0 Å². The van der Waals surface area contributed by atoms with Gasteiger partial charge in [0.05, 0.1) is 22.7 Å². The second kappa shape index (κ2) is 9.78. The van der Waals surface area contributed by atoms with Gasteiger partial charge in [0, 0.05) is 29.9 Å². The lowest BCUT2D eigenvalue weighted by atomic mass is 9.41. The van der Waals surface area contributed by atoms with Crippen molar-refractivity contribution < 1.29 is 49.4 Å². The topological polar surface area (TPSA) is 184 Å². The van der Waals surface area contributed by atoms with Crippen LogP contribution in [0.3, 0.4) is 0 Å². The number of aliphatic carboxylic acids is 2. The maximum atomic E-state index is 12.5. The highest BCUT2D eigenvalue weighted by atomic mass is 16.5. The summed E-state index contributed by atoms with van der Waals surface area (Å²) >= 11 is 0. The molecule has 0 unspecified atom stereocenters. The van der Waals surface area contributed by atoms with E-state index in [1.807, 2.05) is 0 Å². The summed E-state index contributed by atoms with van der Waals surface area (Å²) in [5, 5.41) is 52.7. The zero-order valence-electron chi connectivity index (χ0n) is 21.1. The molecule has 5 aliphatic rings. The van der Waals surface area contributed by atoms with Crippen molar-refractivity contribution in [2.24, 2.45) is 28.6 Å². The standard InChI is InChI=1S/C23H32O6.C4H6O4/c1-20-6-3-17-18(4-8-22(27)11-15(25)2-7-21(17,22)13-24)23(20,28)9-5-16(20)14-10-19(26)29-12-14;5-3(6)1-2-4(7)8/h10,13,15-18,25,27-28H,2-9,11-12H2,1H3;1-2H2,(H,5,6)(H,7,8)/p-2/t15-,16+,17-,18+,20+,21-,22-,23-;/m0./s1. The molecule has 4 aliphatic carbocycles. The lowest BCUT2D eigenvalue weighted by Crippen LogP contribution is -2.68. The minimum Gasteiger partial charge on any atom is -0.550 e. The highest BCUT2D eigenvalue weighted by molar-refractivity contribution is 5.85. The fourth-order valence-corrected chi connectivity index (χ4v) is 8.54. The maximum absolute atomic E-state index is 12.5. The van der Waals surface area contributed by atoms with E-state index >= 15 is 0 Å². The molecule has 1 heterocycles. The molecule has 0 amide bonds. The summed E-state index contributed by atoms with van der Waals surface area (Å²) in [6.45, 7) is 2.46. The van der Waals surface area contributed by atoms with Crippen molar-refractivity contribution in [2.45, 2.75) is 94.9 Å². The highest BCUT2D eigenvalue weighted by Gasteiger charge is 2.71. The molecule has 0 spiro atoms. The molecule has 10 nitrogen and oxygen atoms in total. The minimum absolute atomic E-state index is 0.0504. The Morgan fingerprint density at radius 2 is 1.68 bits per heavy atom. The summed E-state index contributed by atoms with van der Waals surface area (Å²) in [5.41, 5.74) is -2.34. The summed E-state index contributed by atoms with van der Waals surface area (Å²) in [4.78, 5) is 43.1. The largest absolute Gasteiger partial charge is 0.550 e. The van der Waals surface area contributed by atoms with Crippen LogP contribution in [0.2, 0.25) is 0 Å². The third kappa shape index (κ3) is 4.40. The molecule has 0 aromatic carbocycles. The monoisotopic (exact) mass is 520 g/mol. The van der Waals surface area contributed by atoms with Crippen molar-refractivity contribution in [3.63, 3.8) is 0 Å². The number of aliphatic hydroxyl groups is 3. The number of carbonyl (C=O) groups excluding carboxylic acids is 4. The van der Waals surface area contributed by atoms with E-state index in [-0.39, 0.29) is 35.6 Å². The molecule has 4 saturated carbocycles. The van der Waals surface area contributed by atoms with Gasteiger partial charge in [-0.3, -0.25) is 0 Å². The van der Waals surface area contributed by atoms with Gasteiger partial charge in [0.25, 0.3) is 0 Å². The fraction of sp³-hybridized carbons (Fsp3) is 0.778. The van der Waals surface area contributed by atoms with E-state index in [0.29, 0.717) is 38.7 Å². The molecular weight excluding hydrogens is 484 g/mol. The van der Waals surface area contributed by atoms with Crippen LogP contribution in [0.25, 0.3) is 0 Å². The quantitative estimate of drug-likeness (QED) is 0.305. The van der Waals surface area contributed by atoms with Gasteiger partial charge in [0.1, 0.15) is 12.9 Å². The summed E-state index contributed by atoms with van der Waals surface area (Å²) in [5.74, 6) is -3.04. The van der Waals surface area contributed by atoms with E-state index in [2.05, 4.69) is 6.92 Å². The van der Waals surface area contributed by atoms with Crippen molar-refractivity contribution in [1.82, 2.24) is 0 Å². The molecule has 0 aromatic heterocycles. The van der Waals surface area contributed by atoms with E-state index in [1.165, 1.54) is 0 Å². The number of ether oxygens (including phenoxy) is 1. The molecule has 1 aliphatic heterocycles. The van der Waals surface area contributed by atoms with Crippen LogP contribution in [-0.4, -0.2) is 63.4 Å². The summed E-state index contributed by atoms with van der Waals surface area (Å²) < 4.78 is 5.15. The van der Waals surface area contributed by atoms with Crippen molar-refractivity contribution in [3.8, 4) is 0 Å². The van der Waals surface area contributed by atoms with Crippen LogP contribution in [0.1, 0.15) is 77.6 Å². The minimum atomic E-state index is -1.37. The Hall–Kier alpha value is -2.30. The normalized spacial score (nSPS) is 44.2. The molecule has 206 valence electrons. The Morgan fingerprint density at radius 1 is 1.03 bits per heavy atom. The molecular formula is C27H36O10-2. The summed E-state index contributed by atoms with van der Waals surface area (Å²) in [7, 11) is 0. The van der Waals surface area contributed by atoms with E-state index in [4.69, 9.17) is 4.74 Å². The smallest absolute Gasteiger partial charge is 0.331 e. The average Bonchev–Trinajstić information content (AvgIpc) is 3.37. The van der Waals surface area contributed by atoms with E-state index in [9.17, 15) is 44.7 Å². The number of carboxylic acid groups (broad SMARTS) is 2. The van der Waals surface area contributed by atoms with Crippen LogP contribution >= 0.6 is 0 Å². The lowest BCUT2D eigenvalue weighted by Gasteiger charge is -2.65. The van der Waals surface area contributed by atoms with Crippen LogP contribution < -0.4 is 10.2 Å². The Morgan fingerprint density at radius 3 is 2.24 bits per heavy atom. The molecule has 5 rings (SSSR count). The number of fused-ring (bicyclic) bond motifs is 5. The molecule has 37 heavy (non-hydrogen) atoms. The van der Waals surface area contributed by atoms with Crippen LogP contribution in [0.5, 0.6) is 0 Å². The number of carbonyl (C=O) groups is 4. The van der Waals surface area contributed by atoms with Gasteiger partial charge < -0.3 is 44.7 Å². The molecule has 10 heteroatoms. The summed E-state index contributed by atoms with van der Waals surface area (Å²) in [6, 6.07) is 0. The second-order valence-electron chi connectivity index (χ2n) is 11.9. The number of cyclic esters (lactones) is 1. The zero-order valence-corrected chi connectivity index (χ0v) is 21.1. The van der Waals surface area contributed by atoms with Gasteiger partial charge in [-0.2, -0.15) is 0 Å². The highest BCUT2D eigenvalue weighted by Crippen LogP contribution is 2.70. The van der Waals surface area contributed by atoms with Gasteiger partial charge in [-0.05, 0) is 87.5 Å². The molecule has 3 N–H and O–H groups in total. The van der Waals surface area contributed by atoms with Gasteiger partial charge in [0.15, 0.2) is 0 Å². The first-order chi connectivity index (χ1) is 17.3. The first-order valence-electron chi connectivity index (χ1n) is 13.2. The number of esters is 1. The number of hydrogen-bond donors (Lipinski definition) is 3. The lowest BCUT2D eigenvalue weighted by molar-refractivity contribution is -0.315. The number of aliphatic hydroxyl groups excluding tert-OH is 1. The number of aldehydes is 1. The molecule has 8 atom stereocenters. The van der Waals surface area contributed by atoms with Gasteiger partial charge >= 0.3 is 5.97 Å². The first-order valence-corrected chi connectivity index (χ1v) is 13.2. The van der Waals surface area contributed by atoms with Gasteiger partial charge in [-0.25, -0.2) is 4.79 Å². The van der Waals surface area contributed by atoms with Crippen LogP contribution in [0, 0.1) is 28.6 Å². The van der Waals surface area contributed by atoms with Crippen molar-refractivity contribution in [1.29, 1.82) is 0 Å². The fourth-order valence-electron chi connectivity index (χ4n) is 8.54. The Bertz CT molecular complexity index is 978. The maximum Gasteiger partial charge on any atom is 0.331 e. The molecule has 4 fully saturated rings. The number of rotatable bonds is 5. The predicted molar refractivity (Wildman–Crippen MR) is 123 cm³/mol. The zero-order chi connectivity index (χ0) is 27.2. The molecule has 0 radical (unpaired) electrons. The van der Waals surface area contributed by atoms with Crippen LogP contribution in [-0.2, 0) is 23.9 Å². The van der Waals surface area contributed by atoms with Crippen LogP contribution in [0.15, 0.2) is 11.6 Å². The van der Waals surface area contributed by atoms with Crippen molar-refractivity contribution >= 4 is 24.2 Å². The third-order valence-electron chi connectivity index (χ3n) is 10.4. The van der Waals surface area contributed by atoms with E-state index in [1.54, 1.807) is 6.08 Å². The average molecular weight is 521 g/mol. The Labute approximate surface area is 215 Å². The van der Waals surface area contributed by atoms with E-state index in [0.717, 1.165) is 31.1 Å². The number of hydrogen-bond acceptors (Lipinski definition) is 10. The van der Waals surface area contributed by atoms with Crippen LogP contribution in [0.4, 0.5) is 0 Å². The second-order valence-corrected chi connectivity index (χ2v) is 11.9. The third-order valence-corrected chi connectivity index (χ3v) is 10.4. The molecule has 0 aromatic rings. The number of carboxylic acids is 2. The summed E-state index contributed by atoms with van der Waals surface area (Å²) in [6.07, 6.45) is 6.42. The van der Waals surface area contributed by atoms with Crippen molar-refractivity contribution in [2.75, 3.05) is 6.61 Å². The Balaban J connectivity index is 0.000000349.